The molecule has 184 valence electrons. The SMILES string of the molecule is O=C(C1CCO1)N1CC(F)(F)[C@H](NS(=O)(=O)C2CC2)[C@@H]1CC1(F)C=CC=C(c2ccccc2)C1. The molecule has 34 heavy (non-hydrogen) atoms. The van der Waals surface area contributed by atoms with Gasteiger partial charge in [0, 0.05) is 19.3 Å². The number of allylic oxidation sites excluding steroid dienone is 4. The van der Waals surface area contributed by atoms with Gasteiger partial charge in [0.25, 0.3) is 11.8 Å². The van der Waals surface area contributed by atoms with Crippen LogP contribution in [0.3, 0.4) is 0 Å². The van der Waals surface area contributed by atoms with E-state index in [0.717, 1.165) is 10.5 Å². The zero-order chi connectivity index (χ0) is 24.1. The Morgan fingerprint density at radius 2 is 1.85 bits per heavy atom. The monoisotopic (exact) mass is 496 g/mol. The molecule has 0 spiro atoms. The Kier molecular flexibility index (Phi) is 5.89. The molecule has 2 aliphatic heterocycles. The lowest BCUT2D eigenvalue weighted by atomic mass is 9.82. The van der Waals surface area contributed by atoms with Gasteiger partial charge in [0.2, 0.25) is 10.0 Å². The van der Waals surface area contributed by atoms with Crippen LogP contribution in [0.2, 0.25) is 0 Å². The van der Waals surface area contributed by atoms with Gasteiger partial charge < -0.3 is 9.64 Å². The summed E-state index contributed by atoms with van der Waals surface area (Å²) >= 11 is 0. The molecular formula is C24H27F3N2O4S. The van der Waals surface area contributed by atoms with Crippen molar-refractivity contribution in [3.8, 4) is 0 Å². The molecule has 1 saturated carbocycles. The summed E-state index contributed by atoms with van der Waals surface area (Å²) in [4.78, 5) is 13.9. The second-order valence-corrected chi connectivity index (χ2v) is 11.6. The average Bonchev–Trinajstić information content (AvgIpc) is 3.57. The molecule has 1 aromatic carbocycles. The molecule has 0 bridgehead atoms. The molecule has 3 fully saturated rings. The fraction of sp³-hybridized carbons (Fsp3) is 0.542. The molecule has 0 radical (unpaired) electrons. The third kappa shape index (κ3) is 4.55. The van der Waals surface area contributed by atoms with E-state index in [0.29, 0.717) is 31.4 Å². The molecule has 1 N–H and O–H groups in total. The van der Waals surface area contributed by atoms with Crippen LogP contribution < -0.4 is 4.72 Å². The predicted molar refractivity (Wildman–Crippen MR) is 120 cm³/mol. The van der Waals surface area contributed by atoms with Crippen LogP contribution in [0.5, 0.6) is 0 Å². The second-order valence-electron chi connectivity index (χ2n) is 9.62. The molecule has 5 rings (SSSR count). The van der Waals surface area contributed by atoms with Crippen LogP contribution in [-0.4, -0.2) is 67.4 Å². The lowest BCUT2D eigenvalue weighted by molar-refractivity contribution is -0.158. The molecule has 4 atom stereocenters. The number of hydrogen-bond acceptors (Lipinski definition) is 4. The van der Waals surface area contributed by atoms with Gasteiger partial charge in [-0.3, -0.25) is 4.79 Å². The normalized spacial score (nSPS) is 32.9. The van der Waals surface area contributed by atoms with Crippen LogP contribution in [0.15, 0.2) is 48.6 Å². The van der Waals surface area contributed by atoms with Gasteiger partial charge in [0.15, 0.2) is 0 Å². The highest BCUT2D eigenvalue weighted by molar-refractivity contribution is 7.90. The number of amides is 1. The Hall–Kier alpha value is -2.17. The first-order valence-corrected chi connectivity index (χ1v) is 13.1. The first-order valence-electron chi connectivity index (χ1n) is 11.5. The Bertz CT molecular complexity index is 1120. The topological polar surface area (TPSA) is 75.7 Å². The van der Waals surface area contributed by atoms with E-state index in [1.54, 1.807) is 12.2 Å². The van der Waals surface area contributed by atoms with Crippen molar-refractivity contribution < 1.29 is 31.1 Å². The van der Waals surface area contributed by atoms with Gasteiger partial charge in [0.05, 0.1) is 24.4 Å². The summed E-state index contributed by atoms with van der Waals surface area (Å²) in [6, 6.07) is 5.91. The third-order valence-electron chi connectivity index (χ3n) is 7.00. The molecule has 2 aliphatic carbocycles. The van der Waals surface area contributed by atoms with Crippen LogP contribution in [0.25, 0.3) is 5.57 Å². The summed E-state index contributed by atoms with van der Waals surface area (Å²) in [6.07, 6.45) is 4.44. The van der Waals surface area contributed by atoms with Crippen molar-refractivity contribution in [3.63, 3.8) is 0 Å². The lowest BCUT2D eigenvalue weighted by Gasteiger charge is -2.37. The van der Waals surface area contributed by atoms with Crippen molar-refractivity contribution in [2.45, 2.75) is 67.1 Å². The molecule has 6 nitrogen and oxygen atoms in total. The van der Waals surface area contributed by atoms with Crippen LogP contribution in [0.4, 0.5) is 13.2 Å². The van der Waals surface area contributed by atoms with Crippen molar-refractivity contribution in [2.75, 3.05) is 13.2 Å². The first-order chi connectivity index (χ1) is 16.1. The Morgan fingerprint density at radius 1 is 1.15 bits per heavy atom. The van der Waals surface area contributed by atoms with Crippen molar-refractivity contribution in [1.29, 1.82) is 0 Å². The van der Waals surface area contributed by atoms with E-state index in [-0.39, 0.29) is 6.42 Å². The number of alkyl halides is 3. The van der Waals surface area contributed by atoms with Crippen LogP contribution in [0, 0.1) is 0 Å². The number of sulfonamides is 1. The number of carbonyl (C=O) groups is 1. The number of nitrogens with one attached hydrogen (secondary N) is 1. The highest BCUT2D eigenvalue weighted by Crippen LogP contribution is 2.43. The summed E-state index contributed by atoms with van der Waals surface area (Å²) in [7, 11) is -4.00. The summed E-state index contributed by atoms with van der Waals surface area (Å²) in [5.41, 5.74) is -0.522. The van der Waals surface area contributed by atoms with E-state index >= 15 is 13.2 Å². The van der Waals surface area contributed by atoms with E-state index in [1.165, 1.54) is 6.08 Å². The molecule has 4 aliphatic rings. The summed E-state index contributed by atoms with van der Waals surface area (Å²) in [5.74, 6) is -4.19. The molecular weight excluding hydrogens is 469 g/mol. The van der Waals surface area contributed by atoms with Crippen LogP contribution >= 0.6 is 0 Å². The zero-order valence-electron chi connectivity index (χ0n) is 18.5. The third-order valence-corrected chi connectivity index (χ3v) is 8.93. The van der Waals surface area contributed by atoms with Crippen molar-refractivity contribution in [3.05, 3.63) is 54.1 Å². The maximum Gasteiger partial charge on any atom is 0.283 e. The van der Waals surface area contributed by atoms with Gasteiger partial charge in [-0.1, -0.05) is 42.5 Å². The van der Waals surface area contributed by atoms with E-state index in [4.69, 9.17) is 4.74 Å². The van der Waals surface area contributed by atoms with Crippen molar-refractivity contribution >= 4 is 21.5 Å². The van der Waals surface area contributed by atoms with Crippen molar-refractivity contribution in [1.82, 2.24) is 9.62 Å². The molecule has 10 heteroatoms. The Morgan fingerprint density at radius 3 is 2.47 bits per heavy atom. The number of nitrogens with zero attached hydrogens (tertiary/aromatic N) is 1. The number of carbonyl (C=O) groups excluding carboxylic acids is 1. The van der Waals surface area contributed by atoms with Gasteiger partial charge in [-0.25, -0.2) is 26.3 Å². The summed E-state index contributed by atoms with van der Waals surface area (Å²) in [5, 5.41) is -0.717. The van der Waals surface area contributed by atoms with E-state index < -0.39 is 63.9 Å². The Balaban J connectivity index is 1.43. The minimum Gasteiger partial charge on any atom is -0.368 e. The number of halogens is 3. The van der Waals surface area contributed by atoms with E-state index in [9.17, 15) is 13.2 Å². The van der Waals surface area contributed by atoms with Gasteiger partial charge in [-0.15, -0.1) is 0 Å². The number of likely N-dealkylation sites (tertiary alicyclic amines) is 1. The van der Waals surface area contributed by atoms with Gasteiger partial charge in [0.1, 0.15) is 17.8 Å². The molecule has 0 aromatic heterocycles. The van der Waals surface area contributed by atoms with Gasteiger partial charge in [-0.05, 0) is 30.1 Å². The minimum absolute atomic E-state index is 0.0698. The molecule has 2 saturated heterocycles. The molecule has 2 heterocycles. The number of hydrogen-bond donors (Lipinski definition) is 1. The molecule has 2 unspecified atom stereocenters. The van der Waals surface area contributed by atoms with E-state index in [1.807, 2.05) is 30.3 Å². The van der Waals surface area contributed by atoms with Gasteiger partial charge >= 0.3 is 0 Å². The maximum atomic E-state index is 16.2. The lowest BCUT2D eigenvalue weighted by Crippen LogP contribution is -2.55. The van der Waals surface area contributed by atoms with Crippen molar-refractivity contribution in [2.24, 2.45) is 0 Å². The Labute approximate surface area is 196 Å². The maximum absolute atomic E-state index is 16.2. The quantitative estimate of drug-likeness (QED) is 0.629. The first kappa shape index (κ1) is 23.6. The second kappa shape index (κ2) is 8.49. The summed E-state index contributed by atoms with van der Waals surface area (Å²) in [6.45, 7) is -0.626. The summed E-state index contributed by atoms with van der Waals surface area (Å²) < 4.78 is 79.1. The average molecular weight is 497 g/mol. The number of benzene rings is 1. The smallest absolute Gasteiger partial charge is 0.283 e. The van der Waals surface area contributed by atoms with Crippen LogP contribution in [0.1, 0.15) is 37.7 Å². The number of rotatable bonds is 7. The van der Waals surface area contributed by atoms with Gasteiger partial charge in [-0.2, -0.15) is 0 Å². The standard InChI is InChI=1S/C24H27F3N2O4S/c25-23(11-4-7-17(13-23)16-5-2-1-3-6-16)14-19-21(28-34(31,32)18-8-9-18)24(26,27)15-29(19)22(30)20-10-12-33-20/h1-7,11,18-21,28H,8-10,12-15H2/t19-,20?,21+,23?/m0/s1. The zero-order valence-corrected chi connectivity index (χ0v) is 19.3. The molecule has 1 amide bonds. The fourth-order valence-corrected chi connectivity index (χ4v) is 6.55. The van der Waals surface area contributed by atoms with Crippen LogP contribution in [-0.2, 0) is 19.6 Å². The minimum atomic E-state index is -4.00. The van der Waals surface area contributed by atoms with E-state index in [2.05, 4.69) is 4.72 Å². The predicted octanol–water partition coefficient (Wildman–Crippen LogP) is 3.21. The highest BCUT2D eigenvalue weighted by atomic mass is 32.2. The fourth-order valence-electron chi connectivity index (χ4n) is 4.91. The number of ether oxygens (including phenoxy) is 1. The highest BCUT2D eigenvalue weighted by Gasteiger charge is 2.60. The largest absolute Gasteiger partial charge is 0.368 e. The molecule has 1 aromatic rings.